The van der Waals surface area contributed by atoms with Crippen LogP contribution in [0.4, 0.5) is 0 Å². The first-order chi connectivity index (χ1) is 8.60. The summed E-state index contributed by atoms with van der Waals surface area (Å²) in [7, 11) is 0. The highest BCUT2D eigenvalue weighted by Crippen LogP contribution is 2.40. The molecule has 0 rings (SSSR count). The van der Waals surface area contributed by atoms with Gasteiger partial charge in [0.25, 0.3) is 0 Å². The minimum atomic E-state index is -0.635. The molecule has 0 aliphatic carbocycles. The Hall–Kier alpha value is -0.530. The quantitative estimate of drug-likeness (QED) is 0.507. The summed E-state index contributed by atoms with van der Waals surface area (Å²) in [4.78, 5) is 10.9. The maximum absolute atomic E-state index is 10.9. The highest BCUT2D eigenvalue weighted by atomic mass is 16.4. The van der Waals surface area contributed by atoms with E-state index >= 15 is 0 Å². The van der Waals surface area contributed by atoms with Crippen molar-refractivity contribution in [3.05, 3.63) is 0 Å². The third-order valence-corrected chi connectivity index (χ3v) is 4.05. The summed E-state index contributed by atoms with van der Waals surface area (Å²) in [5, 5.41) is 8.95. The van der Waals surface area contributed by atoms with Gasteiger partial charge in [0, 0.05) is 6.42 Å². The minimum absolute atomic E-state index is 0.306. The van der Waals surface area contributed by atoms with Gasteiger partial charge >= 0.3 is 5.97 Å². The number of rotatable bonds is 12. The van der Waals surface area contributed by atoms with Crippen molar-refractivity contribution >= 4 is 5.97 Å². The lowest BCUT2D eigenvalue weighted by Crippen LogP contribution is -2.22. The summed E-state index contributed by atoms with van der Waals surface area (Å²) in [6, 6.07) is 0. The topological polar surface area (TPSA) is 37.3 Å². The van der Waals surface area contributed by atoms with E-state index in [0.29, 0.717) is 11.8 Å². The summed E-state index contributed by atoms with van der Waals surface area (Å²) in [6.45, 7) is 6.67. The van der Waals surface area contributed by atoms with Crippen LogP contribution in [0.1, 0.15) is 91.4 Å². The van der Waals surface area contributed by atoms with Gasteiger partial charge in [-0.1, -0.05) is 59.3 Å². The van der Waals surface area contributed by atoms with Gasteiger partial charge in [-0.15, -0.1) is 0 Å². The number of aliphatic carboxylic acids is 1. The second kappa shape index (κ2) is 10.4. The van der Waals surface area contributed by atoms with Crippen molar-refractivity contribution < 1.29 is 9.90 Å². The van der Waals surface area contributed by atoms with E-state index in [2.05, 4.69) is 20.8 Å². The van der Waals surface area contributed by atoms with E-state index < -0.39 is 5.97 Å². The fourth-order valence-corrected chi connectivity index (χ4v) is 2.78. The standard InChI is InChI=1S/C16H32O2/c1-4-7-11-16(12-8-5-2,13-9-6-3)14-10-15(17)18/h4-14H2,1-3H3,(H,17,18). The van der Waals surface area contributed by atoms with E-state index in [4.69, 9.17) is 5.11 Å². The van der Waals surface area contributed by atoms with Gasteiger partial charge in [-0.3, -0.25) is 4.79 Å². The molecule has 0 amide bonds. The van der Waals surface area contributed by atoms with Crippen LogP contribution in [0.5, 0.6) is 0 Å². The third-order valence-electron chi connectivity index (χ3n) is 4.05. The van der Waals surface area contributed by atoms with Gasteiger partial charge in [0.1, 0.15) is 0 Å². The number of carbonyl (C=O) groups is 1. The Labute approximate surface area is 113 Å². The minimum Gasteiger partial charge on any atom is -0.481 e. The highest BCUT2D eigenvalue weighted by Gasteiger charge is 2.28. The van der Waals surface area contributed by atoms with E-state index in [-0.39, 0.29) is 0 Å². The van der Waals surface area contributed by atoms with Crippen LogP contribution in [0, 0.1) is 5.41 Å². The van der Waals surface area contributed by atoms with Gasteiger partial charge in [-0.05, 0) is 31.1 Å². The van der Waals surface area contributed by atoms with Crippen LogP contribution in [0.25, 0.3) is 0 Å². The number of carboxylic acid groups (broad SMARTS) is 1. The van der Waals surface area contributed by atoms with Gasteiger partial charge in [0.05, 0.1) is 0 Å². The smallest absolute Gasteiger partial charge is 0.303 e. The molecule has 1 N–H and O–H groups in total. The molecule has 0 aliphatic rings. The second-order valence-electron chi connectivity index (χ2n) is 5.70. The van der Waals surface area contributed by atoms with Crippen LogP contribution in [-0.4, -0.2) is 11.1 Å². The van der Waals surface area contributed by atoms with Crippen molar-refractivity contribution in [3.8, 4) is 0 Å². The maximum atomic E-state index is 10.9. The van der Waals surface area contributed by atoms with Crippen LogP contribution in [0.15, 0.2) is 0 Å². The molecule has 0 spiro atoms. The summed E-state index contributed by atoms with van der Waals surface area (Å²) in [5.74, 6) is -0.635. The number of carboxylic acids is 1. The average Bonchev–Trinajstić information content (AvgIpc) is 2.37. The molecule has 2 heteroatoms. The molecule has 0 radical (unpaired) electrons. The largest absolute Gasteiger partial charge is 0.481 e. The summed E-state index contributed by atoms with van der Waals surface area (Å²) in [5.41, 5.74) is 0.306. The Kier molecular flexibility index (Phi) is 10.1. The van der Waals surface area contributed by atoms with E-state index in [1.807, 2.05) is 0 Å². The van der Waals surface area contributed by atoms with Gasteiger partial charge in [-0.2, -0.15) is 0 Å². The fraction of sp³-hybridized carbons (Fsp3) is 0.938. The van der Waals surface area contributed by atoms with Crippen LogP contribution in [0.3, 0.4) is 0 Å². The van der Waals surface area contributed by atoms with Crippen LogP contribution >= 0.6 is 0 Å². The van der Waals surface area contributed by atoms with Crippen molar-refractivity contribution in [3.63, 3.8) is 0 Å². The predicted octanol–water partition coefficient (Wildman–Crippen LogP) is 5.41. The molecule has 0 aromatic heterocycles. The van der Waals surface area contributed by atoms with Crippen molar-refractivity contribution in [2.24, 2.45) is 5.41 Å². The fourth-order valence-electron chi connectivity index (χ4n) is 2.78. The average molecular weight is 256 g/mol. The van der Waals surface area contributed by atoms with Gasteiger partial charge in [-0.25, -0.2) is 0 Å². The first-order valence-corrected chi connectivity index (χ1v) is 7.82. The van der Waals surface area contributed by atoms with Crippen molar-refractivity contribution in [2.75, 3.05) is 0 Å². The lowest BCUT2D eigenvalue weighted by atomic mass is 9.71. The van der Waals surface area contributed by atoms with Crippen molar-refractivity contribution in [1.82, 2.24) is 0 Å². The zero-order chi connectivity index (χ0) is 13.9. The van der Waals surface area contributed by atoms with Gasteiger partial charge in [0.2, 0.25) is 0 Å². The van der Waals surface area contributed by atoms with Crippen LogP contribution < -0.4 is 0 Å². The zero-order valence-corrected chi connectivity index (χ0v) is 12.6. The molecule has 0 aromatic carbocycles. The van der Waals surface area contributed by atoms with E-state index in [0.717, 1.165) is 6.42 Å². The lowest BCUT2D eigenvalue weighted by Gasteiger charge is -2.34. The Morgan fingerprint density at radius 3 is 1.50 bits per heavy atom. The maximum Gasteiger partial charge on any atom is 0.303 e. The molecule has 0 atom stereocenters. The second-order valence-corrected chi connectivity index (χ2v) is 5.70. The molecule has 2 nitrogen and oxygen atoms in total. The number of hydrogen-bond acceptors (Lipinski definition) is 1. The SMILES string of the molecule is CCCCC(CCCC)(CCCC)CCC(=O)O. The molecule has 0 aromatic rings. The first kappa shape index (κ1) is 17.5. The molecular weight excluding hydrogens is 224 g/mol. The van der Waals surface area contributed by atoms with E-state index in [1.165, 1.54) is 57.8 Å². The van der Waals surface area contributed by atoms with E-state index in [9.17, 15) is 4.79 Å². The highest BCUT2D eigenvalue weighted by molar-refractivity contribution is 5.66. The Morgan fingerprint density at radius 2 is 1.22 bits per heavy atom. The van der Waals surface area contributed by atoms with Crippen LogP contribution in [0.2, 0.25) is 0 Å². The number of hydrogen-bond donors (Lipinski definition) is 1. The third kappa shape index (κ3) is 7.73. The molecular formula is C16H32O2. The molecule has 0 saturated heterocycles. The molecule has 18 heavy (non-hydrogen) atoms. The molecule has 0 unspecified atom stereocenters. The molecule has 0 heterocycles. The summed E-state index contributed by atoms with van der Waals surface area (Å²) < 4.78 is 0. The normalized spacial score (nSPS) is 11.7. The Morgan fingerprint density at radius 1 is 0.833 bits per heavy atom. The molecule has 0 fully saturated rings. The molecule has 0 saturated carbocycles. The lowest BCUT2D eigenvalue weighted by molar-refractivity contribution is -0.137. The van der Waals surface area contributed by atoms with Gasteiger partial charge in [0.15, 0.2) is 0 Å². The molecule has 0 bridgehead atoms. The van der Waals surface area contributed by atoms with Crippen molar-refractivity contribution in [2.45, 2.75) is 91.4 Å². The Balaban J connectivity index is 4.55. The zero-order valence-electron chi connectivity index (χ0n) is 12.6. The van der Waals surface area contributed by atoms with Gasteiger partial charge < -0.3 is 5.11 Å². The molecule has 108 valence electrons. The summed E-state index contributed by atoms with van der Waals surface area (Å²) >= 11 is 0. The van der Waals surface area contributed by atoms with Crippen LogP contribution in [-0.2, 0) is 4.79 Å². The molecule has 0 aliphatic heterocycles. The van der Waals surface area contributed by atoms with Crippen molar-refractivity contribution in [1.29, 1.82) is 0 Å². The first-order valence-electron chi connectivity index (χ1n) is 7.82. The summed E-state index contributed by atoms with van der Waals surface area (Å²) in [6.07, 6.45) is 12.3. The number of unbranched alkanes of at least 4 members (excludes halogenated alkanes) is 3. The monoisotopic (exact) mass is 256 g/mol. The van der Waals surface area contributed by atoms with E-state index in [1.54, 1.807) is 0 Å². The Bertz CT molecular complexity index is 189. The predicted molar refractivity (Wildman–Crippen MR) is 77.9 cm³/mol.